The van der Waals surface area contributed by atoms with E-state index < -0.39 is 0 Å². The van der Waals surface area contributed by atoms with Gasteiger partial charge in [-0.15, -0.1) is 0 Å². The minimum absolute atomic E-state index is 0.000350. The van der Waals surface area contributed by atoms with E-state index in [0.717, 1.165) is 12.0 Å². The van der Waals surface area contributed by atoms with Gasteiger partial charge < -0.3 is 10.2 Å². The van der Waals surface area contributed by atoms with Crippen molar-refractivity contribution in [3.05, 3.63) is 35.4 Å². The van der Waals surface area contributed by atoms with Crippen LogP contribution in [0.25, 0.3) is 0 Å². The Labute approximate surface area is 139 Å². The second-order valence-electron chi connectivity index (χ2n) is 7.54. The minimum atomic E-state index is -0.162. The molecule has 2 amide bonds. The summed E-state index contributed by atoms with van der Waals surface area (Å²) in [4.78, 5) is 26.3. The first-order valence-electron chi connectivity index (χ1n) is 8.34. The number of carbonyl (C=O) groups is 2. The molecule has 4 heteroatoms. The van der Waals surface area contributed by atoms with Gasteiger partial charge in [0, 0.05) is 19.5 Å². The van der Waals surface area contributed by atoms with Crippen molar-refractivity contribution in [2.75, 3.05) is 6.54 Å². The van der Waals surface area contributed by atoms with Crippen LogP contribution in [-0.2, 0) is 16.0 Å². The molecule has 0 fully saturated rings. The van der Waals surface area contributed by atoms with Gasteiger partial charge in [-0.25, -0.2) is 0 Å². The predicted octanol–water partition coefficient (Wildman–Crippen LogP) is 3.07. The number of benzene rings is 1. The third-order valence-electron chi connectivity index (χ3n) is 4.87. The Balaban J connectivity index is 2.18. The normalized spacial score (nSPS) is 19.0. The van der Waals surface area contributed by atoms with Gasteiger partial charge in [-0.1, -0.05) is 45.0 Å². The molecule has 4 nitrogen and oxygen atoms in total. The van der Waals surface area contributed by atoms with Gasteiger partial charge in [0.1, 0.15) is 0 Å². The molecule has 2 rings (SSSR count). The topological polar surface area (TPSA) is 49.4 Å². The van der Waals surface area contributed by atoms with Crippen molar-refractivity contribution in [3.8, 4) is 0 Å². The first kappa shape index (κ1) is 17.5. The average Bonchev–Trinajstić information content (AvgIpc) is 2.46. The highest BCUT2D eigenvalue weighted by Gasteiger charge is 2.31. The van der Waals surface area contributed by atoms with E-state index in [1.807, 2.05) is 30.0 Å². The molecule has 0 saturated heterocycles. The summed E-state index contributed by atoms with van der Waals surface area (Å²) in [7, 11) is 0. The third kappa shape index (κ3) is 4.12. The molecule has 1 aromatic carbocycles. The van der Waals surface area contributed by atoms with Crippen LogP contribution in [0.15, 0.2) is 24.3 Å². The number of nitrogens with zero attached hydrogens (tertiary/aromatic N) is 1. The number of nitrogens with one attached hydrogen (secondary N) is 1. The van der Waals surface area contributed by atoms with Gasteiger partial charge in [-0.05, 0) is 29.9 Å². The van der Waals surface area contributed by atoms with Crippen molar-refractivity contribution < 1.29 is 9.59 Å². The molecular formula is C19H28N2O2. The SMILES string of the molecule is CC(=O)N1CCc2ccccc2C1CC(=O)NC(C)C(C)(C)C. The van der Waals surface area contributed by atoms with E-state index in [9.17, 15) is 9.59 Å². The van der Waals surface area contributed by atoms with Crippen LogP contribution in [-0.4, -0.2) is 29.3 Å². The van der Waals surface area contributed by atoms with Crippen LogP contribution in [0.2, 0.25) is 0 Å². The molecule has 23 heavy (non-hydrogen) atoms. The molecule has 0 radical (unpaired) electrons. The van der Waals surface area contributed by atoms with E-state index in [0.29, 0.717) is 13.0 Å². The number of fused-ring (bicyclic) bond motifs is 1. The molecule has 1 heterocycles. The van der Waals surface area contributed by atoms with Crippen LogP contribution in [0, 0.1) is 5.41 Å². The van der Waals surface area contributed by atoms with Gasteiger partial charge in [0.15, 0.2) is 0 Å². The monoisotopic (exact) mass is 316 g/mol. The highest BCUT2D eigenvalue weighted by atomic mass is 16.2. The molecule has 0 aliphatic carbocycles. The van der Waals surface area contributed by atoms with Crippen LogP contribution in [0.3, 0.4) is 0 Å². The molecule has 2 unspecified atom stereocenters. The molecule has 1 N–H and O–H groups in total. The summed E-state index contributed by atoms with van der Waals surface area (Å²) in [6, 6.07) is 8.04. The predicted molar refractivity (Wildman–Crippen MR) is 92.0 cm³/mol. The zero-order valence-electron chi connectivity index (χ0n) is 14.8. The largest absolute Gasteiger partial charge is 0.353 e. The van der Waals surface area contributed by atoms with Crippen LogP contribution in [0.4, 0.5) is 0 Å². The van der Waals surface area contributed by atoms with E-state index >= 15 is 0 Å². The van der Waals surface area contributed by atoms with E-state index in [1.54, 1.807) is 6.92 Å². The van der Waals surface area contributed by atoms with Crippen molar-refractivity contribution in [1.82, 2.24) is 10.2 Å². The number of hydrogen-bond donors (Lipinski definition) is 1. The summed E-state index contributed by atoms with van der Waals surface area (Å²) in [5.74, 6) is 0.0292. The molecule has 0 bridgehead atoms. The molecule has 0 saturated carbocycles. The van der Waals surface area contributed by atoms with Crippen LogP contribution in [0.1, 0.15) is 58.2 Å². The zero-order chi connectivity index (χ0) is 17.2. The summed E-state index contributed by atoms with van der Waals surface area (Å²) in [6.45, 7) is 10.6. The third-order valence-corrected chi connectivity index (χ3v) is 4.87. The second kappa shape index (κ2) is 6.73. The molecule has 2 atom stereocenters. The maximum absolute atomic E-state index is 12.5. The van der Waals surface area contributed by atoms with Crippen molar-refractivity contribution in [3.63, 3.8) is 0 Å². The van der Waals surface area contributed by atoms with E-state index in [4.69, 9.17) is 0 Å². The lowest BCUT2D eigenvalue weighted by atomic mass is 9.87. The first-order chi connectivity index (χ1) is 10.7. The second-order valence-corrected chi connectivity index (χ2v) is 7.54. The van der Waals surface area contributed by atoms with Gasteiger partial charge in [-0.3, -0.25) is 9.59 Å². The lowest BCUT2D eigenvalue weighted by Crippen LogP contribution is -2.45. The Morgan fingerprint density at radius 3 is 2.57 bits per heavy atom. The molecule has 1 aliphatic rings. The van der Waals surface area contributed by atoms with Gasteiger partial charge in [0.25, 0.3) is 0 Å². The highest BCUT2D eigenvalue weighted by molar-refractivity contribution is 5.80. The Kier molecular flexibility index (Phi) is 5.12. The summed E-state index contributed by atoms with van der Waals surface area (Å²) < 4.78 is 0. The lowest BCUT2D eigenvalue weighted by molar-refractivity contribution is -0.133. The molecular weight excluding hydrogens is 288 g/mol. The Morgan fingerprint density at radius 1 is 1.30 bits per heavy atom. The van der Waals surface area contributed by atoms with Gasteiger partial charge in [0.05, 0.1) is 12.5 Å². The van der Waals surface area contributed by atoms with Crippen LogP contribution in [0.5, 0.6) is 0 Å². The molecule has 1 aromatic rings. The van der Waals surface area contributed by atoms with Crippen molar-refractivity contribution in [2.24, 2.45) is 5.41 Å². The number of hydrogen-bond acceptors (Lipinski definition) is 2. The molecule has 126 valence electrons. The number of amides is 2. The maximum atomic E-state index is 12.5. The Morgan fingerprint density at radius 2 is 1.96 bits per heavy atom. The quantitative estimate of drug-likeness (QED) is 0.931. The van der Waals surface area contributed by atoms with Gasteiger partial charge >= 0.3 is 0 Å². The van der Waals surface area contributed by atoms with E-state index in [-0.39, 0.29) is 29.3 Å². The molecule has 0 spiro atoms. The van der Waals surface area contributed by atoms with Gasteiger partial charge in [0.2, 0.25) is 11.8 Å². The summed E-state index contributed by atoms with van der Waals surface area (Å²) >= 11 is 0. The summed E-state index contributed by atoms with van der Waals surface area (Å²) in [6.07, 6.45) is 1.17. The number of rotatable bonds is 3. The Bertz CT molecular complexity index is 589. The van der Waals surface area contributed by atoms with E-state index in [2.05, 4.69) is 32.2 Å². The fraction of sp³-hybridized carbons (Fsp3) is 0.579. The molecule has 1 aliphatic heterocycles. The average molecular weight is 316 g/mol. The fourth-order valence-electron chi connectivity index (χ4n) is 2.94. The smallest absolute Gasteiger partial charge is 0.222 e. The maximum Gasteiger partial charge on any atom is 0.222 e. The standard InChI is InChI=1S/C19H28N2O2/c1-13(19(3,4)5)20-18(23)12-17-16-9-7-6-8-15(16)10-11-21(17)14(2)22/h6-9,13,17H,10-12H2,1-5H3,(H,20,23). The molecule has 0 aromatic heterocycles. The van der Waals surface area contributed by atoms with E-state index in [1.165, 1.54) is 5.56 Å². The van der Waals surface area contributed by atoms with Crippen molar-refractivity contribution in [2.45, 2.75) is 59.5 Å². The van der Waals surface area contributed by atoms with Crippen molar-refractivity contribution in [1.29, 1.82) is 0 Å². The first-order valence-corrected chi connectivity index (χ1v) is 8.34. The summed E-state index contributed by atoms with van der Waals surface area (Å²) in [5, 5.41) is 3.08. The van der Waals surface area contributed by atoms with Crippen LogP contribution < -0.4 is 5.32 Å². The Hall–Kier alpha value is -1.84. The fourth-order valence-corrected chi connectivity index (χ4v) is 2.94. The van der Waals surface area contributed by atoms with Crippen molar-refractivity contribution >= 4 is 11.8 Å². The number of carbonyl (C=O) groups excluding carboxylic acids is 2. The van der Waals surface area contributed by atoms with Crippen LogP contribution >= 0.6 is 0 Å². The highest BCUT2D eigenvalue weighted by Crippen LogP contribution is 2.32. The minimum Gasteiger partial charge on any atom is -0.353 e. The zero-order valence-corrected chi connectivity index (χ0v) is 14.8. The van der Waals surface area contributed by atoms with Gasteiger partial charge in [-0.2, -0.15) is 0 Å². The lowest BCUT2D eigenvalue weighted by Gasteiger charge is -2.37. The summed E-state index contributed by atoms with van der Waals surface area (Å²) in [5.41, 5.74) is 2.36.